The Morgan fingerprint density at radius 1 is 1.58 bits per heavy atom. The molecule has 0 bridgehead atoms. The van der Waals surface area contributed by atoms with Crippen LogP contribution in [0.2, 0.25) is 5.02 Å². The van der Waals surface area contributed by atoms with Gasteiger partial charge in [0, 0.05) is 19.3 Å². The van der Waals surface area contributed by atoms with Crippen molar-refractivity contribution in [1.29, 1.82) is 0 Å². The maximum absolute atomic E-state index is 11.4. The largest absolute Gasteiger partial charge is 0.469 e. The second kappa shape index (κ2) is 6.73. The molecule has 1 unspecified atom stereocenters. The SMILES string of the molecule is COC(=O)C(C)CN(C)c1cccc(Cl)c1C(N)=S. The van der Waals surface area contributed by atoms with Crippen LogP contribution in [0.5, 0.6) is 0 Å². The molecule has 0 aliphatic carbocycles. The zero-order chi connectivity index (χ0) is 14.6. The summed E-state index contributed by atoms with van der Waals surface area (Å²) in [5.74, 6) is -0.515. The van der Waals surface area contributed by atoms with Crippen molar-refractivity contribution in [2.24, 2.45) is 11.7 Å². The van der Waals surface area contributed by atoms with Gasteiger partial charge in [-0.05, 0) is 12.1 Å². The fourth-order valence-electron chi connectivity index (χ4n) is 1.86. The van der Waals surface area contributed by atoms with E-state index in [9.17, 15) is 4.79 Å². The molecule has 19 heavy (non-hydrogen) atoms. The van der Waals surface area contributed by atoms with Gasteiger partial charge in [-0.15, -0.1) is 0 Å². The minimum atomic E-state index is -0.259. The third kappa shape index (κ3) is 3.81. The Bertz CT molecular complexity index is 494. The van der Waals surface area contributed by atoms with E-state index < -0.39 is 0 Å². The molecule has 1 rings (SSSR count). The summed E-state index contributed by atoms with van der Waals surface area (Å²) in [5.41, 5.74) is 7.12. The van der Waals surface area contributed by atoms with Crippen molar-refractivity contribution in [2.75, 3.05) is 25.6 Å². The highest BCUT2D eigenvalue weighted by Gasteiger charge is 2.19. The maximum Gasteiger partial charge on any atom is 0.310 e. The number of hydrogen-bond acceptors (Lipinski definition) is 4. The van der Waals surface area contributed by atoms with Gasteiger partial charge < -0.3 is 15.4 Å². The summed E-state index contributed by atoms with van der Waals surface area (Å²) in [7, 11) is 3.23. The van der Waals surface area contributed by atoms with E-state index in [1.54, 1.807) is 13.0 Å². The summed E-state index contributed by atoms with van der Waals surface area (Å²) in [5, 5.41) is 0.502. The lowest BCUT2D eigenvalue weighted by Gasteiger charge is -2.25. The molecule has 6 heteroatoms. The Morgan fingerprint density at radius 2 is 2.21 bits per heavy atom. The molecule has 0 spiro atoms. The fourth-order valence-corrected chi connectivity index (χ4v) is 2.40. The summed E-state index contributed by atoms with van der Waals surface area (Å²) in [6.07, 6.45) is 0. The molecule has 104 valence electrons. The first kappa shape index (κ1) is 15.7. The van der Waals surface area contributed by atoms with Gasteiger partial charge in [0.1, 0.15) is 4.99 Å². The Kier molecular flexibility index (Phi) is 5.57. The van der Waals surface area contributed by atoms with Crippen LogP contribution in [-0.2, 0) is 9.53 Å². The van der Waals surface area contributed by atoms with Gasteiger partial charge in [0.05, 0.1) is 23.6 Å². The molecular weight excluding hydrogens is 284 g/mol. The van der Waals surface area contributed by atoms with Crippen molar-refractivity contribution in [3.63, 3.8) is 0 Å². The average molecular weight is 301 g/mol. The Balaban J connectivity index is 3.00. The summed E-state index contributed by atoms with van der Waals surface area (Å²) < 4.78 is 4.71. The molecule has 0 saturated carbocycles. The molecule has 1 aromatic rings. The molecule has 0 heterocycles. The fraction of sp³-hybridized carbons (Fsp3) is 0.385. The number of thiocarbonyl (C=S) groups is 1. The molecule has 0 aliphatic heterocycles. The lowest BCUT2D eigenvalue weighted by molar-refractivity contribution is -0.144. The minimum Gasteiger partial charge on any atom is -0.469 e. The number of anilines is 1. The van der Waals surface area contributed by atoms with Crippen LogP contribution in [0.1, 0.15) is 12.5 Å². The summed E-state index contributed by atoms with van der Waals surface area (Å²) in [6, 6.07) is 5.42. The highest BCUT2D eigenvalue weighted by Crippen LogP contribution is 2.27. The van der Waals surface area contributed by atoms with Crippen LogP contribution >= 0.6 is 23.8 Å². The molecule has 4 nitrogen and oxygen atoms in total. The van der Waals surface area contributed by atoms with Gasteiger partial charge >= 0.3 is 5.97 Å². The van der Waals surface area contributed by atoms with E-state index in [0.717, 1.165) is 5.69 Å². The molecule has 0 aliphatic rings. The van der Waals surface area contributed by atoms with E-state index in [1.165, 1.54) is 7.11 Å². The van der Waals surface area contributed by atoms with Gasteiger partial charge in [0.15, 0.2) is 0 Å². The van der Waals surface area contributed by atoms with Crippen molar-refractivity contribution in [3.05, 3.63) is 28.8 Å². The third-order valence-corrected chi connectivity index (χ3v) is 3.32. The standard InChI is InChI=1S/C13H17ClN2O2S/c1-8(13(17)18-3)7-16(2)10-6-4-5-9(14)11(10)12(15)19/h4-6,8H,7H2,1-3H3,(H2,15,19). The minimum absolute atomic E-state index is 0.234. The lowest BCUT2D eigenvalue weighted by Crippen LogP contribution is -2.30. The van der Waals surface area contributed by atoms with Gasteiger partial charge in [0.25, 0.3) is 0 Å². The average Bonchev–Trinajstić information content (AvgIpc) is 2.36. The van der Waals surface area contributed by atoms with E-state index >= 15 is 0 Å². The second-order valence-corrected chi connectivity index (χ2v) is 5.15. The van der Waals surface area contributed by atoms with Gasteiger partial charge in [-0.3, -0.25) is 4.79 Å². The summed E-state index contributed by atoms with van der Waals surface area (Å²) >= 11 is 11.1. The number of benzene rings is 1. The van der Waals surface area contributed by atoms with E-state index in [1.807, 2.05) is 24.1 Å². The number of nitrogens with two attached hydrogens (primary N) is 1. The van der Waals surface area contributed by atoms with Gasteiger partial charge in [-0.25, -0.2) is 0 Å². The predicted octanol–water partition coefficient (Wildman–Crippen LogP) is 2.22. The zero-order valence-corrected chi connectivity index (χ0v) is 12.7. The lowest BCUT2D eigenvalue weighted by atomic mass is 10.1. The third-order valence-electron chi connectivity index (χ3n) is 2.80. The number of halogens is 1. The molecule has 0 amide bonds. The zero-order valence-electron chi connectivity index (χ0n) is 11.1. The molecule has 0 aromatic heterocycles. The van der Waals surface area contributed by atoms with Crippen LogP contribution in [0, 0.1) is 5.92 Å². The van der Waals surface area contributed by atoms with Crippen molar-refractivity contribution >= 4 is 40.5 Å². The molecule has 1 atom stereocenters. The second-order valence-electron chi connectivity index (χ2n) is 4.30. The number of nitrogens with zero attached hydrogens (tertiary/aromatic N) is 1. The van der Waals surface area contributed by atoms with Crippen molar-refractivity contribution < 1.29 is 9.53 Å². The molecule has 1 aromatic carbocycles. The van der Waals surface area contributed by atoms with Crippen LogP contribution in [0.25, 0.3) is 0 Å². The normalized spacial score (nSPS) is 11.8. The number of carbonyl (C=O) groups is 1. The molecule has 2 N–H and O–H groups in total. The number of rotatable bonds is 5. The van der Waals surface area contributed by atoms with Crippen LogP contribution in [0.4, 0.5) is 5.69 Å². The highest BCUT2D eigenvalue weighted by molar-refractivity contribution is 7.80. The van der Waals surface area contributed by atoms with E-state index in [2.05, 4.69) is 0 Å². The molecular formula is C13H17ClN2O2S. The predicted molar refractivity (Wildman–Crippen MR) is 81.8 cm³/mol. The molecule has 0 fully saturated rings. The van der Waals surface area contributed by atoms with E-state index in [-0.39, 0.29) is 16.9 Å². The first-order chi connectivity index (χ1) is 8.88. The quantitative estimate of drug-likeness (QED) is 0.667. The first-order valence-corrected chi connectivity index (χ1v) is 6.54. The van der Waals surface area contributed by atoms with Gasteiger partial charge in [-0.1, -0.05) is 36.8 Å². The number of esters is 1. The number of methoxy groups -OCH3 is 1. The topological polar surface area (TPSA) is 55.6 Å². The van der Waals surface area contributed by atoms with Gasteiger partial charge in [0.2, 0.25) is 0 Å². The van der Waals surface area contributed by atoms with Crippen molar-refractivity contribution in [2.45, 2.75) is 6.92 Å². The van der Waals surface area contributed by atoms with Crippen LogP contribution in [0.15, 0.2) is 18.2 Å². The van der Waals surface area contributed by atoms with Crippen molar-refractivity contribution in [3.8, 4) is 0 Å². The van der Waals surface area contributed by atoms with E-state index in [0.29, 0.717) is 17.1 Å². The Labute approximate surface area is 123 Å². The summed E-state index contributed by atoms with van der Waals surface area (Å²) in [6.45, 7) is 2.29. The first-order valence-electron chi connectivity index (χ1n) is 5.75. The van der Waals surface area contributed by atoms with Crippen molar-refractivity contribution in [1.82, 2.24) is 0 Å². The monoisotopic (exact) mass is 300 g/mol. The number of carbonyl (C=O) groups excluding carboxylic acids is 1. The molecule has 0 saturated heterocycles. The number of hydrogen-bond donors (Lipinski definition) is 1. The Hall–Kier alpha value is -1.33. The van der Waals surface area contributed by atoms with E-state index in [4.69, 9.17) is 34.3 Å². The molecule has 0 radical (unpaired) electrons. The Morgan fingerprint density at radius 3 is 2.74 bits per heavy atom. The number of ether oxygens (including phenoxy) is 1. The maximum atomic E-state index is 11.4. The smallest absolute Gasteiger partial charge is 0.310 e. The van der Waals surface area contributed by atoms with Gasteiger partial charge in [-0.2, -0.15) is 0 Å². The van der Waals surface area contributed by atoms with Crippen LogP contribution in [-0.4, -0.2) is 31.7 Å². The highest BCUT2D eigenvalue weighted by atomic mass is 35.5. The van der Waals surface area contributed by atoms with Crippen LogP contribution < -0.4 is 10.6 Å². The summed E-state index contributed by atoms with van der Waals surface area (Å²) in [4.78, 5) is 13.6. The van der Waals surface area contributed by atoms with Crippen LogP contribution in [0.3, 0.4) is 0 Å².